The normalized spacial score (nSPS) is 10.9. The zero-order chi connectivity index (χ0) is 21.8. The lowest BCUT2D eigenvalue weighted by atomic mass is 10.1. The highest BCUT2D eigenvalue weighted by molar-refractivity contribution is 8.13. The van der Waals surface area contributed by atoms with E-state index in [4.69, 9.17) is 14.2 Å². The third-order valence-corrected chi connectivity index (χ3v) is 5.59. The van der Waals surface area contributed by atoms with Crippen LogP contribution in [0.4, 0.5) is 0 Å². The van der Waals surface area contributed by atoms with Gasteiger partial charge in [-0.25, -0.2) is 4.57 Å². The predicted molar refractivity (Wildman–Crippen MR) is 123 cm³/mol. The lowest BCUT2D eigenvalue weighted by Gasteiger charge is -2.12. The molecule has 5 nitrogen and oxygen atoms in total. The second-order valence-electron chi connectivity index (χ2n) is 6.92. The van der Waals surface area contributed by atoms with Crippen LogP contribution in [0.15, 0.2) is 36.7 Å². The molecule has 0 radical (unpaired) electrons. The molecule has 0 aliphatic carbocycles. The quantitative estimate of drug-likeness (QED) is 0.350. The minimum atomic E-state index is 0.213. The van der Waals surface area contributed by atoms with Crippen LogP contribution in [0.25, 0.3) is 12.2 Å². The van der Waals surface area contributed by atoms with Crippen LogP contribution in [0, 0.1) is 0 Å². The van der Waals surface area contributed by atoms with Crippen LogP contribution >= 0.6 is 11.8 Å². The Labute approximate surface area is 184 Å². The second kappa shape index (κ2) is 13.0. The number of ether oxygens (including phenoxy) is 3. The molecule has 2 aromatic rings. The largest absolute Gasteiger partial charge is 0.493 e. The fraction of sp³-hybridized carbons (Fsp3) is 0.417. The number of rotatable bonds is 12. The average molecular weight is 431 g/mol. The zero-order valence-electron chi connectivity index (χ0n) is 18.3. The monoisotopic (exact) mass is 430 g/mol. The Hall–Kier alpha value is -2.47. The fourth-order valence-corrected chi connectivity index (χ4v) is 3.72. The van der Waals surface area contributed by atoms with Crippen LogP contribution in [-0.4, -0.2) is 32.2 Å². The van der Waals surface area contributed by atoms with E-state index in [0.717, 1.165) is 36.3 Å². The Bertz CT molecular complexity index is 809. The van der Waals surface area contributed by atoms with Gasteiger partial charge in [0.25, 0.3) is 0 Å². The van der Waals surface area contributed by atoms with Gasteiger partial charge >= 0.3 is 0 Å². The summed E-state index contributed by atoms with van der Waals surface area (Å²) in [6, 6.07) is 8.07. The van der Waals surface area contributed by atoms with Crippen molar-refractivity contribution in [2.45, 2.75) is 39.2 Å². The maximum Gasteiger partial charge on any atom is 0.203 e. The molecule has 0 aliphatic rings. The molecule has 0 bridgehead atoms. The Morgan fingerprint density at radius 2 is 1.50 bits per heavy atom. The minimum Gasteiger partial charge on any atom is -0.493 e. The predicted octanol–water partition coefficient (Wildman–Crippen LogP) is 5.01. The van der Waals surface area contributed by atoms with Crippen molar-refractivity contribution in [3.05, 3.63) is 47.8 Å². The third kappa shape index (κ3) is 7.75. The van der Waals surface area contributed by atoms with E-state index in [1.165, 1.54) is 24.6 Å². The third-order valence-electron chi connectivity index (χ3n) is 4.69. The van der Waals surface area contributed by atoms with E-state index >= 15 is 0 Å². The topological polar surface area (TPSA) is 48.6 Å². The van der Waals surface area contributed by atoms with Gasteiger partial charge in [-0.1, -0.05) is 30.3 Å². The van der Waals surface area contributed by atoms with Crippen LogP contribution in [0.5, 0.6) is 17.2 Å². The summed E-state index contributed by atoms with van der Waals surface area (Å²) in [7, 11) is 4.83. The molecule has 2 rings (SSSR count). The molecule has 0 atom stereocenters. The molecule has 1 heterocycles. The summed E-state index contributed by atoms with van der Waals surface area (Å²) in [5.41, 5.74) is 2.10. The van der Waals surface area contributed by atoms with E-state index < -0.39 is 0 Å². The van der Waals surface area contributed by atoms with Crippen molar-refractivity contribution in [1.82, 2.24) is 0 Å². The molecule has 30 heavy (non-hydrogen) atoms. The molecule has 0 saturated carbocycles. The van der Waals surface area contributed by atoms with E-state index in [-0.39, 0.29) is 5.12 Å². The van der Waals surface area contributed by atoms with E-state index in [0.29, 0.717) is 17.2 Å². The molecule has 0 aliphatic heterocycles. The summed E-state index contributed by atoms with van der Waals surface area (Å²) < 4.78 is 18.4. The number of benzene rings is 1. The summed E-state index contributed by atoms with van der Waals surface area (Å²) in [4.78, 5) is 10.9. The van der Waals surface area contributed by atoms with Crippen LogP contribution in [-0.2, 0) is 11.3 Å². The summed E-state index contributed by atoms with van der Waals surface area (Å²) in [6.45, 7) is 2.64. The Balaban J connectivity index is 1.87. The molecule has 1 aromatic heterocycles. The van der Waals surface area contributed by atoms with Gasteiger partial charge in [-0.05, 0) is 36.1 Å². The van der Waals surface area contributed by atoms with E-state index in [1.807, 2.05) is 18.2 Å². The van der Waals surface area contributed by atoms with E-state index in [9.17, 15) is 4.79 Å². The Morgan fingerprint density at radius 1 is 0.900 bits per heavy atom. The van der Waals surface area contributed by atoms with Gasteiger partial charge in [-0.3, -0.25) is 4.79 Å². The summed E-state index contributed by atoms with van der Waals surface area (Å²) >= 11 is 1.43. The second-order valence-corrected chi connectivity index (χ2v) is 8.19. The smallest absolute Gasteiger partial charge is 0.203 e. The number of unbranched alkanes of at least 4 members (excludes halogenated alkanes) is 3. The number of pyridine rings is 1. The number of hydrogen-bond acceptors (Lipinski definition) is 5. The van der Waals surface area contributed by atoms with Gasteiger partial charge in [0.05, 0.1) is 21.3 Å². The highest BCUT2D eigenvalue weighted by Crippen LogP contribution is 2.38. The van der Waals surface area contributed by atoms with Crippen molar-refractivity contribution in [3.8, 4) is 17.2 Å². The number of aromatic nitrogens is 1. The highest BCUT2D eigenvalue weighted by atomic mass is 32.2. The average Bonchev–Trinajstić information content (AvgIpc) is 2.76. The number of thioether (sulfide) groups is 1. The van der Waals surface area contributed by atoms with Gasteiger partial charge < -0.3 is 14.2 Å². The molecule has 0 spiro atoms. The Kier molecular flexibility index (Phi) is 10.3. The van der Waals surface area contributed by atoms with Crippen LogP contribution in [0.2, 0.25) is 0 Å². The van der Waals surface area contributed by atoms with Gasteiger partial charge in [0.1, 0.15) is 6.54 Å². The molecule has 0 unspecified atom stereocenters. The number of carbonyl (C=O) groups is 1. The lowest BCUT2D eigenvalue weighted by molar-refractivity contribution is -0.697. The standard InChI is InChI=1S/C24H32NO4S/c1-19(26)30-16-8-6-5-7-13-25-14-11-20(12-15-25)9-10-21-17-22(27-2)24(29-4)23(18-21)28-3/h9-12,14-15,17-18H,5-8,13,16H2,1-4H3/q+1/b10-9+. The summed E-state index contributed by atoms with van der Waals surface area (Å²) in [6.07, 6.45) is 12.9. The first-order valence-electron chi connectivity index (χ1n) is 10.2. The van der Waals surface area contributed by atoms with Crippen molar-refractivity contribution in [2.24, 2.45) is 0 Å². The molecule has 0 N–H and O–H groups in total. The van der Waals surface area contributed by atoms with Gasteiger partial charge in [0, 0.05) is 31.2 Å². The van der Waals surface area contributed by atoms with Gasteiger partial charge in [0.15, 0.2) is 29.0 Å². The first-order valence-corrected chi connectivity index (χ1v) is 11.2. The van der Waals surface area contributed by atoms with Gasteiger partial charge in [-0.2, -0.15) is 0 Å². The molecular weight excluding hydrogens is 398 g/mol. The molecule has 162 valence electrons. The lowest BCUT2D eigenvalue weighted by Crippen LogP contribution is -2.32. The van der Waals surface area contributed by atoms with E-state index in [1.54, 1.807) is 28.3 Å². The summed E-state index contributed by atoms with van der Waals surface area (Å²) in [5.74, 6) is 2.82. The first kappa shape index (κ1) is 23.8. The summed E-state index contributed by atoms with van der Waals surface area (Å²) in [5, 5.41) is 0.213. The molecule has 0 saturated heterocycles. The maximum atomic E-state index is 10.9. The van der Waals surface area contributed by atoms with Crippen molar-refractivity contribution >= 4 is 29.0 Å². The molecule has 6 heteroatoms. The van der Waals surface area contributed by atoms with Crippen molar-refractivity contribution in [2.75, 3.05) is 27.1 Å². The number of carbonyl (C=O) groups excluding carboxylic acids is 1. The number of nitrogens with zero attached hydrogens (tertiary/aromatic N) is 1. The number of hydrogen-bond donors (Lipinski definition) is 0. The molecular formula is C24H32NO4S+. The highest BCUT2D eigenvalue weighted by Gasteiger charge is 2.12. The minimum absolute atomic E-state index is 0.213. The van der Waals surface area contributed by atoms with Crippen LogP contribution < -0.4 is 18.8 Å². The van der Waals surface area contributed by atoms with Crippen LogP contribution in [0.3, 0.4) is 0 Å². The van der Waals surface area contributed by atoms with Crippen molar-refractivity contribution < 1.29 is 23.6 Å². The van der Waals surface area contributed by atoms with E-state index in [2.05, 4.69) is 35.2 Å². The van der Waals surface area contributed by atoms with Crippen molar-refractivity contribution in [3.63, 3.8) is 0 Å². The van der Waals surface area contributed by atoms with Crippen LogP contribution in [0.1, 0.15) is 43.7 Å². The molecule has 0 fully saturated rings. The number of aryl methyl sites for hydroxylation is 1. The zero-order valence-corrected chi connectivity index (χ0v) is 19.2. The Morgan fingerprint density at radius 3 is 2.07 bits per heavy atom. The SMILES string of the molecule is COc1cc(/C=C/c2cc[n+](CCCCCCSC(C)=O)cc2)cc(OC)c1OC. The fourth-order valence-electron chi connectivity index (χ4n) is 3.08. The van der Waals surface area contributed by atoms with Gasteiger partial charge in [-0.15, -0.1) is 0 Å². The maximum absolute atomic E-state index is 10.9. The van der Waals surface area contributed by atoms with Gasteiger partial charge in [0.2, 0.25) is 5.75 Å². The molecule has 0 amide bonds. The van der Waals surface area contributed by atoms with Crippen molar-refractivity contribution in [1.29, 1.82) is 0 Å². The number of methoxy groups -OCH3 is 3. The first-order chi connectivity index (χ1) is 14.6. The molecule has 1 aromatic carbocycles.